The van der Waals surface area contributed by atoms with Crippen LogP contribution < -0.4 is 10.6 Å². The number of aromatic nitrogens is 3. The lowest BCUT2D eigenvalue weighted by Gasteiger charge is -2.32. The van der Waals surface area contributed by atoms with Crippen LogP contribution in [0.15, 0.2) is 27.8 Å². The number of H-pyrrole nitrogens is 1. The summed E-state index contributed by atoms with van der Waals surface area (Å²) in [5.41, 5.74) is 0. The van der Waals surface area contributed by atoms with Crippen LogP contribution in [0.25, 0.3) is 11.6 Å². The Hall–Kier alpha value is -2.31. The predicted molar refractivity (Wildman–Crippen MR) is 107 cm³/mol. The molecule has 0 radical (unpaired) electrons. The number of rotatable bonds is 7. The van der Waals surface area contributed by atoms with E-state index in [0.717, 1.165) is 30.7 Å². The molecule has 3 N–H and O–H groups in total. The van der Waals surface area contributed by atoms with Crippen molar-refractivity contribution >= 4 is 5.96 Å². The van der Waals surface area contributed by atoms with E-state index in [9.17, 15) is 0 Å². The zero-order valence-corrected chi connectivity index (χ0v) is 16.7. The van der Waals surface area contributed by atoms with Gasteiger partial charge in [-0.15, -0.1) is 0 Å². The van der Waals surface area contributed by atoms with Gasteiger partial charge in [-0.05, 0) is 30.9 Å². The van der Waals surface area contributed by atoms with Gasteiger partial charge in [0.25, 0.3) is 0 Å². The third-order valence-electron chi connectivity index (χ3n) is 5.70. The zero-order valence-electron chi connectivity index (χ0n) is 16.7. The van der Waals surface area contributed by atoms with Gasteiger partial charge in [-0.2, -0.15) is 5.10 Å². The van der Waals surface area contributed by atoms with E-state index in [1.165, 1.54) is 32.1 Å². The number of guanidine groups is 1. The highest BCUT2D eigenvalue weighted by atomic mass is 16.3. The normalized spacial score (nSPS) is 18.3. The van der Waals surface area contributed by atoms with Gasteiger partial charge in [-0.25, -0.2) is 4.98 Å². The maximum atomic E-state index is 5.32. The van der Waals surface area contributed by atoms with Crippen LogP contribution in [0.1, 0.15) is 51.8 Å². The lowest BCUT2D eigenvalue weighted by atomic mass is 9.78. The van der Waals surface area contributed by atoms with E-state index in [1.807, 2.05) is 19.2 Å². The molecule has 27 heavy (non-hydrogen) atoms. The Bertz CT molecular complexity index is 702. The van der Waals surface area contributed by atoms with Crippen molar-refractivity contribution in [2.75, 3.05) is 13.6 Å². The number of hydrogen-bond donors (Lipinski definition) is 3. The first-order chi connectivity index (χ1) is 13.2. The number of aliphatic imine (C=N–C) groups is 1. The van der Waals surface area contributed by atoms with Gasteiger partial charge in [-0.1, -0.05) is 39.0 Å². The molecule has 2 atom stereocenters. The molecule has 0 amide bonds. The standard InChI is InChI=1S/C20H32N6O/c1-14(16-8-5-4-6-9-16)15(2)23-20(21-3)22-12-11-18-24-19(26-25-18)17-10-7-13-27-17/h7,10,13-16H,4-6,8-9,11-12H2,1-3H3,(H2,21,22,23)(H,24,25,26). The van der Waals surface area contributed by atoms with E-state index < -0.39 is 0 Å². The van der Waals surface area contributed by atoms with Gasteiger partial charge in [0, 0.05) is 26.1 Å². The lowest BCUT2D eigenvalue weighted by Crippen LogP contribution is -2.46. The number of hydrogen-bond acceptors (Lipinski definition) is 4. The average Bonchev–Trinajstić information content (AvgIpc) is 3.39. The maximum Gasteiger partial charge on any atom is 0.216 e. The molecule has 2 aromatic rings. The highest BCUT2D eigenvalue weighted by molar-refractivity contribution is 5.79. The van der Waals surface area contributed by atoms with Crippen LogP contribution in [-0.2, 0) is 6.42 Å². The van der Waals surface area contributed by atoms with Crippen molar-refractivity contribution in [2.24, 2.45) is 16.8 Å². The van der Waals surface area contributed by atoms with Crippen molar-refractivity contribution in [1.29, 1.82) is 0 Å². The summed E-state index contributed by atoms with van der Waals surface area (Å²) in [6, 6.07) is 4.08. The quantitative estimate of drug-likeness (QED) is 0.512. The Morgan fingerprint density at radius 3 is 2.85 bits per heavy atom. The molecule has 148 valence electrons. The summed E-state index contributed by atoms with van der Waals surface area (Å²) in [5.74, 6) is 4.41. The van der Waals surface area contributed by atoms with Crippen LogP contribution in [0.2, 0.25) is 0 Å². The van der Waals surface area contributed by atoms with E-state index >= 15 is 0 Å². The molecule has 0 aromatic carbocycles. The summed E-state index contributed by atoms with van der Waals surface area (Å²) >= 11 is 0. The minimum Gasteiger partial charge on any atom is -0.461 e. The molecule has 1 saturated carbocycles. The number of aromatic amines is 1. The van der Waals surface area contributed by atoms with E-state index in [2.05, 4.69) is 44.7 Å². The molecule has 1 aliphatic rings. The van der Waals surface area contributed by atoms with Crippen LogP contribution in [0.4, 0.5) is 0 Å². The first-order valence-electron chi connectivity index (χ1n) is 10.1. The monoisotopic (exact) mass is 372 g/mol. The second-order valence-electron chi connectivity index (χ2n) is 7.52. The fourth-order valence-electron chi connectivity index (χ4n) is 3.83. The smallest absolute Gasteiger partial charge is 0.216 e. The highest BCUT2D eigenvalue weighted by Gasteiger charge is 2.24. The first kappa shape index (κ1) is 19.5. The van der Waals surface area contributed by atoms with Gasteiger partial charge in [0.1, 0.15) is 5.82 Å². The van der Waals surface area contributed by atoms with E-state index in [1.54, 1.807) is 6.26 Å². The van der Waals surface area contributed by atoms with Crippen LogP contribution in [0.5, 0.6) is 0 Å². The van der Waals surface area contributed by atoms with Crippen molar-refractivity contribution in [3.8, 4) is 11.6 Å². The third-order valence-corrected chi connectivity index (χ3v) is 5.70. The van der Waals surface area contributed by atoms with Gasteiger partial charge >= 0.3 is 0 Å². The van der Waals surface area contributed by atoms with E-state index in [4.69, 9.17) is 4.42 Å². The number of nitrogens with one attached hydrogen (secondary N) is 3. The second-order valence-corrected chi connectivity index (χ2v) is 7.52. The van der Waals surface area contributed by atoms with E-state index in [-0.39, 0.29) is 0 Å². The molecule has 0 bridgehead atoms. The van der Waals surface area contributed by atoms with Crippen molar-refractivity contribution in [3.05, 3.63) is 24.2 Å². The van der Waals surface area contributed by atoms with Crippen LogP contribution in [-0.4, -0.2) is 40.8 Å². The molecule has 0 saturated heterocycles. The summed E-state index contributed by atoms with van der Waals surface area (Å²) in [5, 5.41) is 14.1. The SMILES string of the molecule is CN=C(NCCc1nc(-c2ccco2)n[nH]1)NC(C)C(C)C1CCCCC1. The average molecular weight is 373 g/mol. The van der Waals surface area contributed by atoms with Crippen molar-refractivity contribution in [2.45, 2.75) is 58.4 Å². The minimum atomic E-state index is 0.398. The van der Waals surface area contributed by atoms with Gasteiger partial charge < -0.3 is 15.1 Å². The fraction of sp³-hybridized carbons (Fsp3) is 0.650. The Morgan fingerprint density at radius 1 is 1.33 bits per heavy atom. The van der Waals surface area contributed by atoms with Crippen molar-refractivity contribution < 1.29 is 4.42 Å². The summed E-state index contributed by atoms with van der Waals surface area (Å²) in [7, 11) is 1.82. The largest absolute Gasteiger partial charge is 0.461 e. The molecule has 0 spiro atoms. The Morgan fingerprint density at radius 2 is 2.15 bits per heavy atom. The minimum absolute atomic E-state index is 0.398. The zero-order chi connectivity index (χ0) is 19.1. The van der Waals surface area contributed by atoms with Gasteiger partial charge in [0.05, 0.1) is 6.26 Å². The number of furan rings is 1. The molecule has 0 aliphatic heterocycles. The van der Waals surface area contributed by atoms with Gasteiger partial charge in [0.2, 0.25) is 5.82 Å². The van der Waals surface area contributed by atoms with Gasteiger partial charge in [-0.3, -0.25) is 10.1 Å². The van der Waals surface area contributed by atoms with E-state index in [0.29, 0.717) is 23.5 Å². The molecule has 1 fully saturated rings. The molecule has 2 unspecified atom stereocenters. The molecule has 1 aliphatic carbocycles. The molecular weight excluding hydrogens is 340 g/mol. The maximum absolute atomic E-state index is 5.32. The first-order valence-corrected chi connectivity index (χ1v) is 10.1. The number of nitrogens with zero attached hydrogens (tertiary/aromatic N) is 3. The summed E-state index contributed by atoms with van der Waals surface area (Å²) in [6.07, 6.45) is 9.25. The van der Waals surface area contributed by atoms with Crippen molar-refractivity contribution in [3.63, 3.8) is 0 Å². The molecular formula is C20H32N6O. The van der Waals surface area contributed by atoms with Crippen molar-refractivity contribution in [1.82, 2.24) is 25.8 Å². The highest BCUT2D eigenvalue weighted by Crippen LogP contribution is 2.31. The summed E-state index contributed by atoms with van der Waals surface area (Å²) in [6.45, 7) is 5.36. The summed E-state index contributed by atoms with van der Waals surface area (Å²) < 4.78 is 5.32. The molecule has 7 nitrogen and oxygen atoms in total. The van der Waals surface area contributed by atoms with Crippen LogP contribution in [0, 0.1) is 11.8 Å². The summed E-state index contributed by atoms with van der Waals surface area (Å²) in [4.78, 5) is 8.83. The topological polar surface area (TPSA) is 91.1 Å². The Kier molecular flexibility index (Phi) is 6.90. The fourth-order valence-corrected chi connectivity index (χ4v) is 3.83. The van der Waals surface area contributed by atoms with Gasteiger partial charge in [0.15, 0.2) is 11.7 Å². The Balaban J connectivity index is 1.43. The van der Waals surface area contributed by atoms with Crippen LogP contribution >= 0.6 is 0 Å². The lowest BCUT2D eigenvalue weighted by molar-refractivity contribution is 0.229. The molecule has 2 heterocycles. The third kappa shape index (κ3) is 5.34. The molecule has 7 heteroatoms. The predicted octanol–water partition coefficient (Wildman–Crippen LogP) is 3.38. The Labute approximate surface area is 161 Å². The molecule has 2 aromatic heterocycles. The van der Waals surface area contributed by atoms with Crippen LogP contribution in [0.3, 0.4) is 0 Å². The molecule has 3 rings (SSSR count). The second kappa shape index (κ2) is 9.58.